The average molecular weight is 380 g/mol. The molecule has 2 aromatic carbocycles. The maximum Gasteiger partial charge on any atom is 0.152 e. The Morgan fingerprint density at radius 1 is 0.964 bits per heavy atom. The highest BCUT2D eigenvalue weighted by atomic mass is 19.1. The zero-order valence-corrected chi connectivity index (χ0v) is 15.0. The molecule has 0 amide bonds. The van der Waals surface area contributed by atoms with E-state index >= 15 is 0 Å². The van der Waals surface area contributed by atoms with Crippen LogP contribution in [0.15, 0.2) is 36.5 Å². The molecule has 0 spiro atoms. The van der Waals surface area contributed by atoms with Crippen LogP contribution in [-0.2, 0) is 19.4 Å². The Labute approximate surface area is 158 Å². The van der Waals surface area contributed by atoms with Gasteiger partial charge >= 0.3 is 0 Å². The molecule has 3 heterocycles. The van der Waals surface area contributed by atoms with E-state index in [1.54, 1.807) is 13.0 Å². The molecule has 0 bridgehead atoms. The Balaban J connectivity index is 1.41. The van der Waals surface area contributed by atoms with Crippen LogP contribution in [-0.4, -0.2) is 19.5 Å². The van der Waals surface area contributed by atoms with Crippen LogP contribution in [0.1, 0.15) is 22.8 Å². The highest BCUT2D eigenvalue weighted by Crippen LogP contribution is 2.31. The van der Waals surface area contributed by atoms with Crippen LogP contribution in [0.3, 0.4) is 0 Å². The van der Waals surface area contributed by atoms with Crippen LogP contribution in [0.5, 0.6) is 0 Å². The first kappa shape index (κ1) is 16.9. The number of rotatable bonds is 3. The largest absolute Gasteiger partial charge is 0.326 e. The van der Waals surface area contributed by atoms with Crippen molar-refractivity contribution in [2.45, 2.75) is 26.3 Å². The van der Waals surface area contributed by atoms with E-state index in [4.69, 9.17) is 0 Å². The van der Waals surface area contributed by atoms with Gasteiger partial charge in [0.1, 0.15) is 28.8 Å². The number of benzene rings is 2. The second kappa shape index (κ2) is 6.15. The van der Waals surface area contributed by atoms with Crippen LogP contribution in [0.2, 0.25) is 0 Å². The minimum absolute atomic E-state index is 0.132. The van der Waals surface area contributed by atoms with Crippen molar-refractivity contribution in [1.29, 1.82) is 0 Å². The SMILES string of the molecule is Cc1nc(CCc2cn3c(n2)-c2ccc(F)cc2C3)nc2c(F)cc(F)cc12. The van der Waals surface area contributed by atoms with Crippen LogP contribution < -0.4 is 0 Å². The average Bonchev–Trinajstić information content (AvgIpc) is 3.17. The molecular weight excluding hydrogens is 365 g/mol. The Bertz CT molecular complexity index is 1250. The zero-order valence-electron chi connectivity index (χ0n) is 15.0. The standard InChI is InChI=1S/C21H15F3N4/c1-11-17-7-14(23)8-18(24)20(17)27-19(25-11)5-3-15-10-28-9-12-6-13(22)2-4-16(12)21(28)26-15/h2,4,6-8,10H,3,5,9H2,1H3. The molecule has 0 fully saturated rings. The maximum atomic E-state index is 14.1. The van der Waals surface area contributed by atoms with Gasteiger partial charge in [0, 0.05) is 41.9 Å². The summed E-state index contributed by atoms with van der Waals surface area (Å²) in [5.74, 6) is -0.266. The number of hydrogen-bond acceptors (Lipinski definition) is 3. The van der Waals surface area contributed by atoms with Gasteiger partial charge in [-0.2, -0.15) is 0 Å². The zero-order chi connectivity index (χ0) is 19.4. The lowest BCUT2D eigenvalue weighted by atomic mass is 10.1. The molecule has 0 N–H and O–H groups in total. The topological polar surface area (TPSA) is 43.6 Å². The lowest BCUT2D eigenvalue weighted by Crippen LogP contribution is -2.03. The van der Waals surface area contributed by atoms with Crippen molar-refractivity contribution in [3.8, 4) is 11.4 Å². The third-order valence-corrected chi connectivity index (χ3v) is 5.04. The lowest BCUT2D eigenvalue weighted by Gasteiger charge is -2.06. The number of halogens is 3. The second-order valence-corrected chi connectivity index (χ2v) is 6.99. The molecule has 0 aliphatic carbocycles. The first-order valence-corrected chi connectivity index (χ1v) is 8.95. The smallest absolute Gasteiger partial charge is 0.152 e. The third kappa shape index (κ3) is 2.74. The van der Waals surface area contributed by atoms with E-state index in [2.05, 4.69) is 15.0 Å². The van der Waals surface area contributed by atoms with Crippen molar-refractivity contribution in [1.82, 2.24) is 19.5 Å². The van der Waals surface area contributed by atoms with Gasteiger partial charge in [-0.05, 0) is 43.2 Å². The summed E-state index contributed by atoms with van der Waals surface area (Å²) in [6.45, 7) is 2.31. The maximum absolute atomic E-state index is 14.1. The molecular formula is C21H15F3N4. The summed E-state index contributed by atoms with van der Waals surface area (Å²) >= 11 is 0. The van der Waals surface area contributed by atoms with Gasteiger partial charge in [0.25, 0.3) is 0 Å². The van der Waals surface area contributed by atoms with Crippen LogP contribution in [0.4, 0.5) is 13.2 Å². The summed E-state index contributed by atoms with van der Waals surface area (Å²) in [5.41, 5.74) is 3.40. The van der Waals surface area contributed by atoms with Crippen molar-refractivity contribution in [3.05, 3.63) is 76.8 Å². The molecule has 0 saturated carbocycles. The van der Waals surface area contributed by atoms with E-state index in [-0.39, 0.29) is 11.3 Å². The van der Waals surface area contributed by atoms with E-state index < -0.39 is 11.6 Å². The summed E-state index contributed by atoms with van der Waals surface area (Å²) in [7, 11) is 0. The van der Waals surface area contributed by atoms with Crippen molar-refractivity contribution in [3.63, 3.8) is 0 Å². The van der Waals surface area contributed by atoms with Crippen LogP contribution >= 0.6 is 0 Å². The van der Waals surface area contributed by atoms with Crippen molar-refractivity contribution in [2.75, 3.05) is 0 Å². The Morgan fingerprint density at radius 3 is 2.68 bits per heavy atom. The lowest BCUT2D eigenvalue weighted by molar-refractivity contribution is 0.589. The first-order valence-electron chi connectivity index (χ1n) is 8.95. The van der Waals surface area contributed by atoms with Crippen molar-refractivity contribution in [2.24, 2.45) is 0 Å². The van der Waals surface area contributed by atoms with Crippen LogP contribution in [0, 0.1) is 24.4 Å². The van der Waals surface area contributed by atoms with Gasteiger partial charge in [-0.25, -0.2) is 28.1 Å². The number of fused-ring (bicyclic) bond motifs is 4. The Hall–Kier alpha value is -3.22. The van der Waals surface area contributed by atoms with Crippen LogP contribution in [0.25, 0.3) is 22.3 Å². The van der Waals surface area contributed by atoms with E-state index in [1.807, 2.05) is 10.8 Å². The fraction of sp³-hybridized carbons (Fsp3) is 0.190. The minimum atomic E-state index is -0.688. The predicted octanol–water partition coefficient (Wildman–Crippen LogP) is 4.37. The van der Waals surface area contributed by atoms with Gasteiger partial charge in [-0.15, -0.1) is 0 Å². The molecule has 4 aromatic rings. The van der Waals surface area contributed by atoms with E-state index in [1.165, 1.54) is 18.2 Å². The number of aromatic nitrogens is 4. The van der Waals surface area contributed by atoms with E-state index in [0.717, 1.165) is 28.7 Å². The molecule has 0 atom stereocenters. The van der Waals surface area contributed by atoms with Gasteiger partial charge < -0.3 is 4.57 Å². The molecule has 7 heteroatoms. The third-order valence-electron chi connectivity index (χ3n) is 5.04. The van der Waals surface area contributed by atoms with Gasteiger partial charge in [-0.3, -0.25) is 0 Å². The normalized spacial score (nSPS) is 12.4. The molecule has 0 saturated heterocycles. The highest BCUT2D eigenvalue weighted by molar-refractivity contribution is 5.81. The molecule has 0 radical (unpaired) electrons. The second-order valence-electron chi connectivity index (χ2n) is 6.99. The molecule has 5 rings (SSSR count). The van der Waals surface area contributed by atoms with Gasteiger partial charge in [0.15, 0.2) is 5.82 Å². The molecule has 1 aliphatic heterocycles. The Morgan fingerprint density at radius 2 is 1.82 bits per heavy atom. The molecule has 4 nitrogen and oxygen atoms in total. The number of aryl methyl sites for hydroxylation is 3. The summed E-state index contributed by atoms with van der Waals surface area (Å²) < 4.78 is 42.9. The number of hydrogen-bond donors (Lipinski definition) is 0. The minimum Gasteiger partial charge on any atom is -0.326 e. The fourth-order valence-electron chi connectivity index (χ4n) is 3.74. The summed E-state index contributed by atoms with van der Waals surface area (Å²) in [6.07, 6.45) is 3.02. The fourth-order valence-corrected chi connectivity index (χ4v) is 3.74. The monoisotopic (exact) mass is 380 g/mol. The number of nitrogens with zero attached hydrogens (tertiary/aromatic N) is 4. The summed E-state index contributed by atoms with van der Waals surface area (Å²) in [4.78, 5) is 13.3. The van der Waals surface area contributed by atoms with Crippen molar-refractivity contribution >= 4 is 10.9 Å². The van der Waals surface area contributed by atoms with Gasteiger partial charge in [0.2, 0.25) is 0 Å². The van der Waals surface area contributed by atoms with E-state index in [9.17, 15) is 13.2 Å². The Kier molecular flexibility index (Phi) is 3.72. The molecule has 140 valence electrons. The first-order chi connectivity index (χ1) is 13.5. The molecule has 1 aliphatic rings. The van der Waals surface area contributed by atoms with Gasteiger partial charge in [-0.1, -0.05) is 0 Å². The molecule has 0 unspecified atom stereocenters. The molecule has 28 heavy (non-hydrogen) atoms. The highest BCUT2D eigenvalue weighted by Gasteiger charge is 2.21. The summed E-state index contributed by atoms with van der Waals surface area (Å²) in [6, 6.07) is 6.80. The number of imidazole rings is 1. The summed E-state index contributed by atoms with van der Waals surface area (Å²) in [5, 5.41) is 0.381. The molecule has 2 aromatic heterocycles. The van der Waals surface area contributed by atoms with E-state index in [0.29, 0.717) is 36.3 Å². The quantitative estimate of drug-likeness (QED) is 0.467. The van der Waals surface area contributed by atoms with Gasteiger partial charge in [0.05, 0.1) is 5.69 Å². The predicted molar refractivity (Wildman–Crippen MR) is 98.3 cm³/mol. The van der Waals surface area contributed by atoms with Crippen molar-refractivity contribution < 1.29 is 13.2 Å².